The van der Waals surface area contributed by atoms with Gasteiger partial charge in [-0.25, -0.2) is 4.98 Å². The molecule has 4 aromatic rings. The van der Waals surface area contributed by atoms with E-state index in [-0.39, 0.29) is 29.9 Å². The van der Waals surface area contributed by atoms with Crippen molar-refractivity contribution in [1.82, 2.24) is 20.2 Å². The first-order chi connectivity index (χ1) is 19.9. The quantitative estimate of drug-likeness (QED) is 0.372. The number of thiophene rings is 1. The highest BCUT2D eigenvalue weighted by molar-refractivity contribution is 7.20. The molecule has 2 aliphatic heterocycles. The monoisotopic (exact) mass is 574 g/mol. The summed E-state index contributed by atoms with van der Waals surface area (Å²) >= 11 is 1.22. The molecule has 4 heterocycles. The van der Waals surface area contributed by atoms with E-state index >= 15 is 0 Å². The molecule has 1 fully saturated rings. The van der Waals surface area contributed by atoms with Crippen LogP contribution in [0.5, 0.6) is 17.2 Å². The number of rotatable bonds is 2. The van der Waals surface area contributed by atoms with Gasteiger partial charge < -0.3 is 29.4 Å². The summed E-state index contributed by atoms with van der Waals surface area (Å²) in [4.78, 5) is 48.7. The van der Waals surface area contributed by atoms with Crippen molar-refractivity contribution in [1.29, 1.82) is 0 Å². The lowest BCUT2D eigenvalue weighted by Crippen LogP contribution is -2.57. The Labute approximate surface area is 240 Å². The van der Waals surface area contributed by atoms with Gasteiger partial charge in [-0.15, -0.1) is 11.3 Å². The fraction of sp³-hybridized carbons (Fsp3) is 0.333. The number of amides is 2. The maximum absolute atomic E-state index is 13.6. The van der Waals surface area contributed by atoms with Crippen LogP contribution in [-0.4, -0.2) is 59.0 Å². The van der Waals surface area contributed by atoms with Crippen LogP contribution < -0.4 is 20.3 Å². The van der Waals surface area contributed by atoms with Crippen molar-refractivity contribution in [2.75, 3.05) is 20.2 Å². The van der Waals surface area contributed by atoms with Gasteiger partial charge in [0.15, 0.2) is 11.5 Å². The van der Waals surface area contributed by atoms with Crippen molar-refractivity contribution in [3.8, 4) is 17.2 Å². The number of fused-ring (bicyclic) bond motifs is 6. The second-order valence-electron chi connectivity index (χ2n) is 10.3. The summed E-state index contributed by atoms with van der Waals surface area (Å²) in [7, 11) is 1.59. The van der Waals surface area contributed by atoms with Crippen LogP contribution in [-0.2, 0) is 22.6 Å². The van der Waals surface area contributed by atoms with E-state index in [1.54, 1.807) is 18.9 Å². The maximum Gasteiger partial charge on any atom is 0.264 e. The fourth-order valence-corrected chi connectivity index (χ4v) is 6.52. The van der Waals surface area contributed by atoms with Gasteiger partial charge in [0.25, 0.3) is 11.5 Å². The number of likely N-dealkylation sites (tertiary alicyclic amines) is 1. The van der Waals surface area contributed by atoms with E-state index in [0.717, 1.165) is 11.1 Å². The number of aryl methyl sites for hydroxylation is 2. The Kier molecular flexibility index (Phi) is 7.46. The summed E-state index contributed by atoms with van der Waals surface area (Å²) in [6.45, 7) is 2.85. The van der Waals surface area contributed by atoms with Gasteiger partial charge >= 0.3 is 0 Å². The number of hydrogen-bond donors (Lipinski definition) is 2. The summed E-state index contributed by atoms with van der Waals surface area (Å²) in [5.41, 5.74) is 2.23. The van der Waals surface area contributed by atoms with Crippen LogP contribution in [0.4, 0.5) is 0 Å². The van der Waals surface area contributed by atoms with Gasteiger partial charge in [-0.05, 0) is 60.7 Å². The number of benzene rings is 2. The summed E-state index contributed by atoms with van der Waals surface area (Å²) in [5.74, 6) is 1.54. The molecule has 2 amide bonds. The van der Waals surface area contributed by atoms with E-state index in [1.807, 2.05) is 42.5 Å². The van der Waals surface area contributed by atoms with Crippen molar-refractivity contribution < 1.29 is 23.8 Å². The highest BCUT2D eigenvalue weighted by Gasteiger charge is 2.35. The fourth-order valence-electron chi connectivity index (χ4n) is 5.40. The largest absolute Gasteiger partial charge is 0.493 e. The Morgan fingerprint density at radius 2 is 2.02 bits per heavy atom. The first-order valence-corrected chi connectivity index (χ1v) is 14.3. The first kappa shape index (κ1) is 27.0. The molecule has 0 radical (unpaired) electrons. The van der Waals surface area contributed by atoms with Crippen LogP contribution in [0.25, 0.3) is 10.2 Å². The van der Waals surface area contributed by atoms with E-state index in [9.17, 15) is 14.4 Å². The van der Waals surface area contributed by atoms with Crippen molar-refractivity contribution in [2.45, 2.75) is 44.9 Å². The number of nitrogens with zero attached hydrogens (tertiary/aromatic N) is 2. The molecule has 10 nitrogen and oxygen atoms in total. The number of carbonyl (C=O) groups is 2. The number of carbonyl (C=O) groups excluding carboxylic acids is 2. The Balaban J connectivity index is 1.26. The third-order valence-electron chi connectivity index (χ3n) is 7.57. The smallest absolute Gasteiger partial charge is 0.264 e. The number of ether oxygens (including phenoxy) is 3. The van der Waals surface area contributed by atoms with Crippen LogP contribution in [0.1, 0.15) is 39.2 Å². The minimum Gasteiger partial charge on any atom is -0.493 e. The third-order valence-corrected chi connectivity index (χ3v) is 8.76. The lowest BCUT2D eigenvalue weighted by Gasteiger charge is -2.38. The minimum atomic E-state index is -0.396. The molecule has 2 aromatic carbocycles. The number of nitrogens with one attached hydrogen (secondary N) is 2. The highest BCUT2D eigenvalue weighted by atomic mass is 32.1. The topological polar surface area (TPSA) is 123 Å². The zero-order valence-electron chi connectivity index (χ0n) is 22.8. The van der Waals surface area contributed by atoms with Crippen LogP contribution in [0, 0.1) is 6.92 Å². The molecule has 2 N–H and O–H groups in total. The van der Waals surface area contributed by atoms with Gasteiger partial charge in [0.05, 0.1) is 42.5 Å². The summed E-state index contributed by atoms with van der Waals surface area (Å²) in [6, 6.07) is 12.9. The molecule has 212 valence electrons. The number of hydrogen-bond acceptors (Lipinski definition) is 8. The summed E-state index contributed by atoms with van der Waals surface area (Å²) in [6.07, 6.45) is 2.38. The van der Waals surface area contributed by atoms with Gasteiger partial charge in [-0.2, -0.15) is 0 Å². The number of H-pyrrole nitrogens is 1. The predicted octanol–water partition coefficient (Wildman–Crippen LogP) is 3.96. The molecule has 2 aromatic heterocycles. The predicted molar refractivity (Wildman–Crippen MR) is 154 cm³/mol. The molecule has 41 heavy (non-hydrogen) atoms. The summed E-state index contributed by atoms with van der Waals surface area (Å²) in [5, 5.41) is 3.57. The van der Waals surface area contributed by atoms with E-state index < -0.39 is 6.04 Å². The van der Waals surface area contributed by atoms with Gasteiger partial charge in [0.2, 0.25) is 5.91 Å². The van der Waals surface area contributed by atoms with Crippen LogP contribution in [0.3, 0.4) is 0 Å². The maximum atomic E-state index is 13.6. The average molecular weight is 575 g/mol. The van der Waals surface area contributed by atoms with Crippen LogP contribution in [0.2, 0.25) is 0 Å². The van der Waals surface area contributed by atoms with Gasteiger partial charge in [0.1, 0.15) is 10.6 Å². The number of aromatic amines is 1. The van der Waals surface area contributed by atoms with E-state index in [0.29, 0.717) is 70.4 Å². The van der Waals surface area contributed by atoms with Gasteiger partial charge in [-0.3, -0.25) is 14.4 Å². The Hall–Kier alpha value is -4.22. The third kappa shape index (κ3) is 5.55. The lowest BCUT2D eigenvalue weighted by atomic mass is 10.0. The Morgan fingerprint density at radius 1 is 1.15 bits per heavy atom. The van der Waals surface area contributed by atoms with E-state index in [1.165, 1.54) is 17.7 Å². The lowest BCUT2D eigenvalue weighted by molar-refractivity contribution is -0.124. The van der Waals surface area contributed by atoms with Crippen LogP contribution in [0.15, 0.2) is 53.6 Å². The first-order valence-electron chi connectivity index (χ1n) is 13.5. The van der Waals surface area contributed by atoms with Gasteiger partial charge in [-0.1, -0.05) is 18.2 Å². The van der Waals surface area contributed by atoms with Crippen molar-refractivity contribution in [3.63, 3.8) is 0 Å². The molecule has 0 aliphatic carbocycles. The second kappa shape index (κ2) is 11.3. The van der Waals surface area contributed by atoms with Gasteiger partial charge in [0, 0.05) is 19.5 Å². The minimum absolute atomic E-state index is 0.125. The Morgan fingerprint density at radius 3 is 2.85 bits per heavy atom. The zero-order chi connectivity index (χ0) is 28.5. The molecule has 2 aliphatic rings. The highest BCUT2D eigenvalue weighted by Crippen LogP contribution is 2.34. The van der Waals surface area contributed by atoms with E-state index in [2.05, 4.69) is 15.3 Å². The normalized spacial score (nSPS) is 19.4. The average Bonchev–Trinajstić information content (AvgIpc) is 3.32. The van der Waals surface area contributed by atoms with Crippen LogP contribution >= 0.6 is 11.3 Å². The molecule has 4 bridgehead atoms. The summed E-state index contributed by atoms with van der Waals surface area (Å²) < 4.78 is 18.0. The van der Waals surface area contributed by atoms with Crippen molar-refractivity contribution in [3.05, 3.63) is 80.7 Å². The Bertz CT molecular complexity index is 1680. The SMILES string of the molecule is COc1ccc2cc1Oc1cccc(c1)CO[C@@H]1CCN(C(=O)c3sc4nc[nH]c(=O)c4c3C)C[C@@H]1NC(=O)CC2. The molecule has 1 saturated heterocycles. The molecular formula is C30H30N4O6S. The molecule has 0 saturated carbocycles. The molecule has 2 atom stereocenters. The molecule has 0 spiro atoms. The van der Waals surface area contributed by atoms with Crippen molar-refractivity contribution >= 4 is 33.4 Å². The number of aromatic nitrogens is 2. The van der Waals surface area contributed by atoms with E-state index in [4.69, 9.17) is 14.2 Å². The van der Waals surface area contributed by atoms with Crippen molar-refractivity contribution in [2.24, 2.45) is 0 Å². The molecule has 11 heteroatoms. The molecule has 0 unspecified atom stereocenters. The molecular weight excluding hydrogens is 544 g/mol. The molecule has 6 rings (SSSR count). The second-order valence-corrected chi connectivity index (χ2v) is 11.3. The number of methoxy groups -OCH3 is 1. The zero-order valence-corrected chi connectivity index (χ0v) is 23.6. The standard InChI is InChI=1S/C30H30N4O6S/c1-17-26-28(36)31-16-32-29(26)41-27(17)30(37)34-11-10-22-21(14-34)33-25(35)9-7-18-6-8-23(38-2)24(13-18)40-20-5-3-4-19(12-20)15-39-22/h3-6,8,12-13,16,21-22H,7,9-11,14-15H2,1-2H3,(H,33,35)(H,31,32,36)/t21-,22+/m0/s1. The number of piperidine rings is 1.